The Balaban J connectivity index is 2.03. The molecule has 3 N–H and O–H groups in total. The maximum Gasteiger partial charge on any atom is 0.183 e. The van der Waals surface area contributed by atoms with Crippen molar-refractivity contribution in [2.75, 3.05) is 31.2 Å². The van der Waals surface area contributed by atoms with E-state index in [-0.39, 0.29) is 11.4 Å². The van der Waals surface area contributed by atoms with Gasteiger partial charge in [0.25, 0.3) is 0 Å². The molecule has 1 aliphatic rings. The molecule has 0 saturated carbocycles. The lowest BCUT2D eigenvalue weighted by Gasteiger charge is -2.32. The first kappa shape index (κ1) is 13.1. The van der Waals surface area contributed by atoms with Crippen LogP contribution in [0.1, 0.15) is 19.3 Å². The van der Waals surface area contributed by atoms with E-state index in [0.717, 1.165) is 19.0 Å². The predicted octanol–water partition coefficient (Wildman–Crippen LogP) is 2.44. The van der Waals surface area contributed by atoms with Crippen LogP contribution in [0.25, 0.3) is 0 Å². The first-order valence-corrected chi connectivity index (χ1v) is 6.27. The van der Waals surface area contributed by atoms with Gasteiger partial charge in [0.15, 0.2) is 11.6 Å². The number of nitrogens with one attached hydrogen (secondary N) is 1. The van der Waals surface area contributed by atoms with E-state index in [1.54, 1.807) is 0 Å². The Morgan fingerprint density at radius 1 is 1.39 bits per heavy atom. The SMILES string of the molecule is CN1CCCCC1CNc1c(N)ccc(F)c1F. The van der Waals surface area contributed by atoms with E-state index in [2.05, 4.69) is 17.3 Å². The van der Waals surface area contributed by atoms with Crippen molar-refractivity contribution in [1.82, 2.24) is 4.90 Å². The Morgan fingerprint density at radius 3 is 2.89 bits per heavy atom. The van der Waals surface area contributed by atoms with Crippen molar-refractivity contribution < 1.29 is 8.78 Å². The van der Waals surface area contributed by atoms with E-state index in [4.69, 9.17) is 5.73 Å². The van der Waals surface area contributed by atoms with Gasteiger partial charge in [-0.3, -0.25) is 0 Å². The van der Waals surface area contributed by atoms with Crippen LogP contribution in [0.15, 0.2) is 12.1 Å². The molecule has 1 atom stereocenters. The molecular weight excluding hydrogens is 236 g/mol. The molecular formula is C13H19F2N3. The monoisotopic (exact) mass is 255 g/mol. The second-order valence-corrected chi connectivity index (χ2v) is 4.84. The third-order valence-corrected chi connectivity index (χ3v) is 3.56. The van der Waals surface area contributed by atoms with Crippen LogP contribution in [0.3, 0.4) is 0 Å². The highest BCUT2D eigenvalue weighted by molar-refractivity contribution is 5.66. The van der Waals surface area contributed by atoms with E-state index in [1.165, 1.54) is 18.9 Å². The second kappa shape index (κ2) is 5.52. The van der Waals surface area contributed by atoms with Crippen molar-refractivity contribution in [3.05, 3.63) is 23.8 Å². The quantitative estimate of drug-likeness (QED) is 0.815. The summed E-state index contributed by atoms with van der Waals surface area (Å²) in [4.78, 5) is 2.24. The molecule has 5 heteroatoms. The van der Waals surface area contributed by atoms with Gasteiger partial charge in [-0.2, -0.15) is 0 Å². The highest BCUT2D eigenvalue weighted by Gasteiger charge is 2.20. The van der Waals surface area contributed by atoms with Gasteiger partial charge in [-0.15, -0.1) is 0 Å². The smallest absolute Gasteiger partial charge is 0.183 e. The van der Waals surface area contributed by atoms with Gasteiger partial charge < -0.3 is 16.0 Å². The summed E-state index contributed by atoms with van der Waals surface area (Å²) in [6.45, 7) is 1.63. The number of piperidine rings is 1. The molecule has 0 aliphatic carbocycles. The van der Waals surface area contributed by atoms with Crippen LogP contribution >= 0.6 is 0 Å². The second-order valence-electron chi connectivity index (χ2n) is 4.84. The largest absolute Gasteiger partial charge is 0.397 e. The topological polar surface area (TPSA) is 41.3 Å². The third kappa shape index (κ3) is 2.72. The molecule has 0 amide bonds. The zero-order chi connectivity index (χ0) is 13.1. The summed E-state index contributed by atoms with van der Waals surface area (Å²) in [5.41, 5.74) is 5.98. The average molecular weight is 255 g/mol. The molecule has 18 heavy (non-hydrogen) atoms. The number of hydrogen-bond acceptors (Lipinski definition) is 3. The van der Waals surface area contributed by atoms with Crippen molar-refractivity contribution in [2.24, 2.45) is 0 Å². The van der Waals surface area contributed by atoms with Gasteiger partial charge in [0, 0.05) is 12.6 Å². The van der Waals surface area contributed by atoms with E-state index >= 15 is 0 Å². The predicted molar refractivity (Wildman–Crippen MR) is 69.5 cm³/mol. The molecule has 1 unspecified atom stereocenters. The number of halogens is 2. The summed E-state index contributed by atoms with van der Waals surface area (Å²) in [6, 6.07) is 2.77. The molecule has 0 radical (unpaired) electrons. The number of anilines is 2. The molecule has 0 bridgehead atoms. The van der Waals surface area contributed by atoms with Crippen molar-refractivity contribution in [1.29, 1.82) is 0 Å². The van der Waals surface area contributed by atoms with Crippen molar-refractivity contribution in [2.45, 2.75) is 25.3 Å². The van der Waals surface area contributed by atoms with Crippen LogP contribution < -0.4 is 11.1 Å². The lowest BCUT2D eigenvalue weighted by molar-refractivity contribution is 0.194. The van der Waals surface area contributed by atoms with Crippen LogP contribution in [0, 0.1) is 11.6 Å². The molecule has 1 fully saturated rings. The zero-order valence-electron chi connectivity index (χ0n) is 10.5. The number of rotatable bonds is 3. The summed E-state index contributed by atoms with van der Waals surface area (Å²) in [7, 11) is 2.05. The van der Waals surface area contributed by atoms with Gasteiger partial charge in [0.05, 0.1) is 11.4 Å². The van der Waals surface area contributed by atoms with Crippen LogP contribution in [-0.4, -0.2) is 31.1 Å². The summed E-state index contributed by atoms with van der Waals surface area (Å²) in [5, 5.41) is 2.94. The zero-order valence-corrected chi connectivity index (χ0v) is 10.5. The summed E-state index contributed by atoms with van der Waals surface area (Å²) < 4.78 is 26.7. The minimum Gasteiger partial charge on any atom is -0.397 e. The Kier molecular flexibility index (Phi) is 4.01. The highest BCUT2D eigenvalue weighted by Crippen LogP contribution is 2.25. The van der Waals surface area contributed by atoms with E-state index in [1.807, 2.05) is 0 Å². The Bertz CT molecular complexity index is 423. The fourth-order valence-corrected chi connectivity index (χ4v) is 2.37. The summed E-state index contributed by atoms with van der Waals surface area (Å²) >= 11 is 0. The normalized spacial score (nSPS) is 20.9. The number of likely N-dealkylation sites (N-methyl/N-ethyl adjacent to an activating group) is 1. The van der Waals surface area contributed by atoms with Crippen molar-refractivity contribution in [3.63, 3.8) is 0 Å². The Morgan fingerprint density at radius 2 is 2.17 bits per heavy atom. The molecule has 3 nitrogen and oxygen atoms in total. The molecule has 0 aromatic heterocycles. The van der Waals surface area contributed by atoms with Crippen molar-refractivity contribution >= 4 is 11.4 Å². The van der Waals surface area contributed by atoms with Gasteiger partial charge >= 0.3 is 0 Å². The lowest BCUT2D eigenvalue weighted by atomic mass is 10.0. The van der Waals surface area contributed by atoms with E-state index in [0.29, 0.717) is 12.6 Å². The molecule has 0 spiro atoms. The van der Waals surface area contributed by atoms with Crippen LogP contribution in [0.4, 0.5) is 20.2 Å². The van der Waals surface area contributed by atoms with Gasteiger partial charge in [0.1, 0.15) is 0 Å². The fourth-order valence-electron chi connectivity index (χ4n) is 2.37. The van der Waals surface area contributed by atoms with E-state index in [9.17, 15) is 8.78 Å². The first-order valence-electron chi connectivity index (χ1n) is 6.27. The number of nitrogens with two attached hydrogens (primary N) is 1. The minimum absolute atomic E-state index is 0.0778. The Labute approximate surface area is 106 Å². The van der Waals surface area contributed by atoms with Gasteiger partial charge in [-0.05, 0) is 38.6 Å². The molecule has 1 aliphatic heterocycles. The number of nitrogens with zero attached hydrogens (tertiary/aromatic N) is 1. The van der Waals surface area contributed by atoms with Crippen LogP contribution in [-0.2, 0) is 0 Å². The first-order chi connectivity index (χ1) is 8.59. The number of hydrogen-bond donors (Lipinski definition) is 2. The molecule has 1 heterocycles. The summed E-state index contributed by atoms with van der Waals surface area (Å²) in [5.74, 6) is -1.77. The molecule has 100 valence electrons. The molecule has 1 aromatic rings. The molecule has 2 rings (SSSR count). The van der Waals surface area contributed by atoms with Gasteiger partial charge in [0.2, 0.25) is 0 Å². The third-order valence-electron chi connectivity index (χ3n) is 3.56. The van der Waals surface area contributed by atoms with Crippen LogP contribution in [0.2, 0.25) is 0 Å². The Hall–Kier alpha value is -1.36. The standard InChI is InChI=1S/C13H19F2N3/c1-18-7-3-2-4-9(18)8-17-13-11(16)6-5-10(14)12(13)15/h5-6,9,17H,2-4,7-8,16H2,1H3. The fraction of sp³-hybridized carbons (Fsp3) is 0.538. The minimum atomic E-state index is -0.895. The summed E-state index contributed by atoms with van der Waals surface area (Å²) in [6.07, 6.45) is 3.45. The molecule has 1 saturated heterocycles. The number of benzene rings is 1. The molecule has 1 aromatic carbocycles. The van der Waals surface area contributed by atoms with Crippen molar-refractivity contribution in [3.8, 4) is 0 Å². The number of likely N-dealkylation sites (tertiary alicyclic amines) is 1. The van der Waals surface area contributed by atoms with Crippen LogP contribution in [0.5, 0.6) is 0 Å². The average Bonchev–Trinajstić information content (AvgIpc) is 2.36. The maximum absolute atomic E-state index is 13.6. The van der Waals surface area contributed by atoms with Gasteiger partial charge in [-0.1, -0.05) is 6.42 Å². The number of nitrogen functional groups attached to an aromatic ring is 1. The highest BCUT2D eigenvalue weighted by atomic mass is 19.2. The van der Waals surface area contributed by atoms with E-state index < -0.39 is 11.6 Å². The van der Waals surface area contributed by atoms with Gasteiger partial charge in [-0.25, -0.2) is 8.78 Å². The maximum atomic E-state index is 13.6. The lowest BCUT2D eigenvalue weighted by Crippen LogP contribution is -2.40.